The molecule has 0 saturated carbocycles. The lowest BCUT2D eigenvalue weighted by atomic mass is 9.85. The van der Waals surface area contributed by atoms with Crippen molar-refractivity contribution < 1.29 is 19.1 Å². The van der Waals surface area contributed by atoms with Crippen LogP contribution in [-0.2, 0) is 74.1 Å². The first-order chi connectivity index (χ1) is 28.0. The van der Waals surface area contributed by atoms with E-state index in [9.17, 15) is 9.59 Å². The number of carbonyl (C=O) groups excluding carboxylic acids is 2. The monoisotopic (exact) mass is 753 g/mol. The van der Waals surface area contributed by atoms with E-state index in [4.69, 9.17) is 9.47 Å². The molecule has 3 aromatic heterocycles. The molecule has 0 fully saturated rings. The standard InChI is InChI=1S/C50H47N3O4/c1-3-35-36(4-2)42(28-44-40-26-24-34-20-12-14-22-38(34)46(40)48(53-44)50(55)57-30-32-17-9-6-10-18-32)51-41(35)27-43-39-25-23-33-19-11-13-21-37(33)45(39)47(52-43)49(54)56-29-31-15-7-5-8-16-31/h5-22,51-53H,3-4,23-30H2,1-2H3. The second-order valence-corrected chi connectivity index (χ2v) is 15.2. The van der Waals surface area contributed by atoms with Crippen LogP contribution in [0.5, 0.6) is 0 Å². The minimum atomic E-state index is -0.341. The number of aryl methyl sites for hydroxylation is 2. The van der Waals surface area contributed by atoms with Crippen LogP contribution in [0, 0.1) is 0 Å². The number of nitrogens with one attached hydrogen (secondary N) is 3. The molecule has 286 valence electrons. The van der Waals surface area contributed by atoms with Crippen LogP contribution in [0.3, 0.4) is 0 Å². The zero-order valence-electron chi connectivity index (χ0n) is 32.6. The third-order valence-electron chi connectivity index (χ3n) is 11.9. The van der Waals surface area contributed by atoms with Crippen molar-refractivity contribution in [2.75, 3.05) is 0 Å². The molecule has 7 heteroatoms. The predicted molar refractivity (Wildman–Crippen MR) is 224 cm³/mol. The molecule has 0 spiro atoms. The van der Waals surface area contributed by atoms with E-state index in [-0.39, 0.29) is 25.2 Å². The van der Waals surface area contributed by atoms with Gasteiger partial charge in [0.05, 0.1) is 0 Å². The maximum absolute atomic E-state index is 13.9. The van der Waals surface area contributed by atoms with Gasteiger partial charge in [0.15, 0.2) is 0 Å². The molecule has 0 atom stereocenters. The molecule has 57 heavy (non-hydrogen) atoms. The average molecular weight is 754 g/mol. The molecule has 0 radical (unpaired) electrons. The summed E-state index contributed by atoms with van der Waals surface area (Å²) in [6.07, 6.45) is 6.55. The van der Waals surface area contributed by atoms with E-state index in [2.05, 4.69) is 65.2 Å². The molecule has 0 saturated heterocycles. The molecule has 3 heterocycles. The predicted octanol–water partition coefficient (Wildman–Crippen LogP) is 10.2. The highest BCUT2D eigenvalue weighted by molar-refractivity contribution is 5.99. The van der Waals surface area contributed by atoms with Crippen molar-refractivity contribution in [1.82, 2.24) is 15.0 Å². The lowest BCUT2D eigenvalue weighted by Crippen LogP contribution is -2.09. The zero-order chi connectivity index (χ0) is 38.9. The Hall–Kier alpha value is -6.34. The molecule has 7 aromatic rings. The van der Waals surface area contributed by atoms with E-state index in [1.54, 1.807) is 0 Å². The first-order valence-corrected chi connectivity index (χ1v) is 20.3. The fourth-order valence-corrected chi connectivity index (χ4v) is 9.22. The van der Waals surface area contributed by atoms with Gasteiger partial charge in [-0.25, -0.2) is 9.59 Å². The molecule has 0 aliphatic heterocycles. The number of ether oxygens (including phenoxy) is 2. The van der Waals surface area contributed by atoms with Gasteiger partial charge in [-0.3, -0.25) is 0 Å². The number of fused-ring (bicyclic) bond motifs is 6. The lowest BCUT2D eigenvalue weighted by Gasteiger charge is -2.18. The Morgan fingerprint density at radius 2 is 0.895 bits per heavy atom. The van der Waals surface area contributed by atoms with Crippen molar-refractivity contribution in [3.8, 4) is 22.3 Å². The largest absolute Gasteiger partial charge is 0.456 e. The molecule has 9 rings (SSSR count). The average Bonchev–Trinajstić information content (AvgIpc) is 3.94. The SMILES string of the molecule is CCc1c(Cc2[nH]c(C(=O)OCc3ccccc3)c3c2CCc2ccccc2-3)[nH]c(Cc2[nH]c(C(=O)OCc3ccccc3)c3c2CCc2ccccc2-3)c1CC. The first kappa shape index (κ1) is 36.3. The van der Waals surface area contributed by atoms with Crippen LogP contribution < -0.4 is 0 Å². The van der Waals surface area contributed by atoms with Crippen LogP contribution in [0.2, 0.25) is 0 Å². The van der Waals surface area contributed by atoms with Crippen LogP contribution in [0.15, 0.2) is 109 Å². The van der Waals surface area contributed by atoms with Crippen molar-refractivity contribution in [3.63, 3.8) is 0 Å². The zero-order valence-corrected chi connectivity index (χ0v) is 32.6. The van der Waals surface area contributed by atoms with Gasteiger partial charge in [0, 0.05) is 46.7 Å². The molecule has 4 aromatic carbocycles. The van der Waals surface area contributed by atoms with E-state index < -0.39 is 0 Å². The van der Waals surface area contributed by atoms with Gasteiger partial charge in [-0.1, -0.05) is 123 Å². The maximum atomic E-state index is 13.9. The molecule has 2 aliphatic rings. The van der Waals surface area contributed by atoms with Gasteiger partial charge < -0.3 is 24.4 Å². The summed E-state index contributed by atoms with van der Waals surface area (Å²) in [6.45, 7) is 4.86. The number of hydrogen-bond acceptors (Lipinski definition) is 4. The van der Waals surface area contributed by atoms with Crippen molar-refractivity contribution in [1.29, 1.82) is 0 Å². The summed E-state index contributed by atoms with van der Waals surface area (Å²) in [4.78, 5) is 38.8. The number of benzene rings is 4. The van der Waals surface area contributed by atoms with Gasteiger partial charge in [-0.05, 0) is 94.2 Å². The summed E-state index contributed by atoms with van der Waals surface area (Å²) >= 11 is 0. The number of carbonyl (C=O) groups is 2. The Bertz CT molecular complexity index is 2410. The quantitative estimate of drug-likeness (QED) is 0.108. The van der Waals surface area contributed by atoms with Gasteiger partial charge in [0.25, 0.3) is 0 Å². The lowest BCUT2D eigenvalue weighted by molar-refractivity contribution is 0.0458. The van der Waals surface area contributed by atoms with Gasteiger partial charge in [-0.15, -0.1) is 0 Å². The Balaban J connectivity index is 1.06. The summed E-state index contributed by atoms with van der Waals surface area (Å²) in [5.74, 6) is -0.683. The van der Waals surface area contributed by atoms with Crippen LogP contribution in [-0.4, -0.2) is 26.9 Å². The minimum absolute atomic E-state index is 0.213. The Labute approximate surface area is 333 Å². The number of esters is 2. The smallest absolute Gasteiger partial charge is 0.355 e. The minimum Gasteiger partial charge on any atom is -0.456 e. The van der Waals surface area contributed by atoms with E-state index in [0.29, 0.717) is 24.2 Å². The van der Waals surface area contributed by atoms with Crippen molar-refractivity contribution in [3.05, 3.63) is 188 Å². The van der Waals surface area contributed by atoms with Crippen LogP contribution in [0.1, 0.15) is 102 Å². The van der Waals surface area contributed by atoms with E-state index in [1.165, 1.54) is 33.4 Å². The first-order valence-electron chi connectivity index (χ1n) is 20.3. The molecule has 7 nitrogen and oxygen atoms in total. The number of hydrogen-bond donors (Lipinski definition) is 3. The van der Waals surface area contributed by atoms with Crippen molar-refractivity contribution >= 4 is 11.9 Å². The fraction of sp³-hybridized carbons (Fsp3) is 0.240. The van der Waals surface area contributed by atoms with Gasteiger partial charge in [0.1, 0.15) is 24.6 Å². The fourth-order valence-electron chi connectivity index (χ4n) is 9.22. The number of rotatable bonds is 12. The number of aromatic amines is 3. The Morgan fingerprint density at radius 3 is 1.32 bits per heavy atom. The summed E-state index contributed by atoms with van der Waals surface area (Å²) in [5.41, 5.74) is 19.0. The molecule has 2 aliphatic carbocycles. The molecule has 0 unspecified atom stereocenters. The number of H-pyrrole nitrogens is 3. The van der Waals surface area contributed by atoms with E-state index in [0.717, 1.165) is 94.7 Å². The summed E-state index contributed by atoms with van der Waals surface area (Å²) < 4.78 is 11.8. The third kappa shape index (κ3) is 6.92. The maximum Gasteiger partial charge on any atom is 0.355 e. The second kappa shape index (κ2) is 15.7. The van der Waals surface area contributed by atoms with Gasteiger partial charge in [-0.2, -0.15) is 0 Å². The Kier molecular flexibility index (Phi) is 9.97. The molecule has 0 bridgehead atoms. The molecular weight excluding hydrogens is 707 g/mol. The molecular formula is C50H47N3O4. The van der Waals surface area contributed by atoms with Gasteiger partial charge >= 0.3 is 11.9 Å². The third-order valence-corrected chi connectivity index (χ3v) is 11.9. The topological polar surface area (TPSA) is 100.0 Å². The van der Waals surface area contributed by atoms with Crippen molar-refractivity contribution in [2.45, 2.75) is 78.4 Å². The number of aromatic nitrogens is 3. The molecule has 3 N–H and O–H groups in total. The second-order valence-electron chi connectivity index (χ2n) is 15.2. The highest BCUT2D eigenvalue weighted by Crippen LogP contribution is 2.41. The van der Waals surface area contributed by atoms with Gasteiger partial charge in [0.2, 0.25) is 0 Å². The summed E-state index contributed by atoms with van der Waals surface area (Å²) in [5, 5.41) is 0. The Morgan fingerprint density at radius 1 is 0.491 bits per heavy atom. The van der Waals surface area contributed by atoms with Crippen molar-refractivity contribution in [2.24, 2.45) is 0 Å². The summed E-state index contributed by atoms with van der Waals surface area (Å²) in [6, 6.07) is 36.4. The van der Waals surface area contributed by atoms with E-state index >= 15 is 0 Å². The van der Waals surface area contributed by atoms with E-state index in [1.807, 2.05) is 72.8 Å². The molecule has 0 amide bonds. The summed E-state index contributed by atoms with van der Waals surface area (Å²) in [7, 11) is 0. The van der Waals surface area contributed by atoms with Crippen LogP contribution >= 0.6 is 0 Å². The van der Waals surface area contributed by atoms with Crippen LogP contribution in [0.25, 0.3) is 22.3 Å². The highest BCUT2D eigenvalue weighted by atomic mass is 16.5. The van der Waals surface area contributed by atoms with Crippen LogP contribution in [0.4, 0.5) is 0 Å². The highest BCUT2D eigenvalue weighted by Gasteiger charge is 2.31. The normalized spacial score (nSPS) is 12.7.